The van der Waals surface area contributed by atoms with E-state index in [-0.39, 0.29) is 0 Å². The first-order valence-corrected chi connectivity index (χ1v) is 7.47. The summed E-state index contributed by atoms with van der Waals surface area (Å²) < 4.78 is 0. The molecule has 0 amide bonds. The molecule has 0 unspecified atom stereocenters. The molecule has 0 atom stereocenters. The average molecular weight is 285 g/mol. The van der Waals surface area contributed by atoms with Crippen LogP contribution in [0.4, 0.5) is 0 Å². The number of thiazole rings is 1. The van der Waals surface area contributed by atoms with E-state index in [1.165, 1.54) is 4.88 Å². The summed E-state index contributed by atoms with van der Waals surface area (Å²) in [4.78, 5) is 15.2. The second kappa shape index (κ2) is 5.42. The van der Waals surface area contributed by atoms with Crippen molar-refractivity contribution in [3.63, 3.8) is 0 Å². The maximum absolute atomic E-state index is 4.45. The van der Waals surface area contributed by atoms with Crippen molar-refractivity contribution in [3.05, 3.63) is 52.9 Å². The van der Waals surface area contributed by atoms with E-state index in [2.05, 4.69) is 32.5 Å². The van der Waals surface area contributed by atoms with Crippen LogP contribution in [0.15, 0.2) is 42.3 Å². The molecule has 3 rings (SSSR count). The fourth-order valence-corrected chi connectivity index (χ4v) is 3.38. The maximum Gasteiger partial charge on any atom is 0.133 e. The predicted octanol–water partition coefficient (Wildman–Crippen LogP) is 4.22. The summed E-state index contributed by atoms with van der Waals surface area (Å²) in [6, 6.07) is 4.13. The fourth-order valence-electron chi connectivity index (χ4n) is 1.66. The Bertz CT molecular complexity index is 685. The quantitative estimate of drug-likeness (QED) is 0.723. The molecular formula is C14H11N3S2. The zero-order valence-corrected chi connectivity index (χ0v) is 11.9. The van der Waals surface area contributed by atoms with Gasteiger partial charge < -0.3 is 0 Å². The SMILES string of the molecule is C/C(=C/c1cnc(-c2cccs2)s1)c1cnccn1. The van der Waals surface area contributed by atoms with Crippen LogP contribution in [0.25, 0.3) is 21.5 Å². The lowest BCUT2D eigenvalue weighted by Crippen LogP contribution is -1.85. The summed E-state index contributed by atoms with van der Waals surface area (Å²) in [7, 11) is 0. The van der Waals surface area contributed by atoms with Gasteiger partial charge in [0.25, 0.3) is 0 Å². The molecule has 0 saturated carbocycles. The molecule has 5 heteroatoms. The Morgan fingerprint density at radius 3 is 2.89 bits per heavy atom. The van der Waals surface area contributed by atoms with Crippen molar-refractivity contribution >= 4 is 34.3 Å². The van der Waals surface area contributed by atoms with Crippen LogP contribution in [0.1, 0.15) is 17.5 Å². The number of rotatable bonds is 3. The molecule has 0 fully saturated rings. The Morgan fingerprint density at radius 2 is 2.16 bits per heavy atom. The van der Waals surface area contributed by atoms with E-state index < -0.39 is 0 Å². The zero-order valence-electron chi connectivity index (χ0n) is 10.3. The summed E-state index contributed by atoms with van der Waals surface area (Å²) in [5.41, 5.74) is 1.99. The standard InChI is InChI=1S/C14H11N3S2/c1-10(12-9-15-4-5-16-12)7-11-8-17-14(19-11)13-3-2-6-18-13/h2-9H,1H3/b10-7-. The minimum atomic E-state index is 0.897. The second-order valence-electron chi connectivity index (χ2n) is 3.96. The number of hydrogen-bond acceptors (Lipinski definition) is 5. The molecule has 3 aromatic rings. The monoisotopic (exact) mass is 285 g/mol. The van der Waals surface area contributed by atoms with Gasteiger partial charge in [-0.1, -0.05) is 6.07 Å². The molecule has 0 spiro atoms. The molecule has 0 radical (unpaired) electrons. The molecule has 0 saturated heterocycles. The zero-order chi connectivity index (χ0) is 13.1. The van der Waals surface area contributed by atoms with Crippen LogP contribution in [0.5, 0.6) is 0 Å². The predicted molar refractivity (Wildman–Crippen MR) is 81.0 cm³/mol. The molecule has 3 heterocycles. The van der Waals surface area contributed by atoms with Gasteiger partial charge in [-0.3, -0.25) is 9.97 Å². The Balaban J connectivity index is 1.88. The van der Waals surface area contributed by atoms with E-state index in [9.17, 15) is 0 Å². The average Bonchev–Trinajstić information content (AvgIpc) is 3.10. The van der Waals surface area contributed by atoms with Gasteiger partial charge in [0.2, 0.25) is 0 Å². The van der Waals surface area contributed by atoms with Crippen molar-refractivity contribution in [2.45, 2.75) is 6.92 Å². The van der Waals surface area contributed by atoms with Crippen LogP contribution < -0.4 is 0 Å². The third kappa shape index (κ3) is 2.77. The lowest BCUT2D eigenvalue weighted by Gasteiger charge is -1.97. The van der Waals surface area contributed by atoms with Gasteiger partial charge >= 0.3 is 0 Å². The summed E-state index contributed by atoms with van der Waals surface area (Å²) in [5, 5.41) is 3.13. The first-order chi connectivity index (χ1) is 9.33. The molecule has 19 heavy (non-hydrogen) atoms. The normalized spacial score (nSPS) is 11.7. The summed E-state index contributed by atoms with van der Waals surface area (Å²) in [6.45, 7) is 2.04. The van der Waals surface area contributed by atoms with Crippen LogP contribution in [0.3, 0.4) is 0 Å². The van der Waals surface area contributed by atoms with Crippen LogP contribution in [-0.4, -0.2) is 15.0 Å². The number of nitrogens with zero attached hydrogens (tertiary/aromatic N) is 3. The van der Waals surface area contributed by atoms with Gasteiger partial charge in [0.15, 0.2) is 0 Å². The first-order valence-electron chi connectivity index (χ1n) is 5.77. The van der Waals surface area contributed by atoms with Gasteiger partial charge in [0.05, 0.1) is 16.8 Å². The van der Waals surface area contributed by atoms with Gasteiger partial charge in [-0.15, -0.1) is 22.7 Å². The molecule has 0 aromatic carbocycles. The maximum atomic E-state index is 4.45. The molecule has 0 N–H and O–H groups in total. The van der Waals surface area contributed by atoms with Crippen molar-refractivity contribution in [2.24, 2.45) is 0 Å². The van der Waals surface area contributed by atoms with E-state index in [1.807, 2.05) is 19.2 Å². The smallest absolute Gasteiger partial charge is 0.133 e. The van der Waals surface area contributed by atoms with Crippen LogP contribution in [0, 0.1) is 0 Å². The van der Waals surface area contributed by atoms with Crippen molar-refractivity contribution in [1.29, 1.82) is 0 Å². The molecule has 94 valence electrons. The summed E-state index contributed by atoms with van der Waals surface area (Å²) >= 11 is 3.40. The van der Waals surface area contributed by atoms with Crippen LogP contribution >= 0.6 is 22.7 Å². The van der Waals surface area contributed by atoms with E-state index in [0.29, 0.717) is 0 Å². The highest BCUT2D eigenvalue weighted by Gasteiger charge is 2.05. The number of thiophene rings is 1. The van der Waals surface area contributed by atoms with Crippen molar-refractivity contribution in [3.8, 4) is 9.88 Å². The highest BCUT2D eigenvalue weighted by Crippen LogP contribution is 2.30. The highest BCUT2D eigenvalue weighted by atomic mass is 32.1. The fraction of sp³-hybridized carbons (Fsp3) is 0.0714. The minimum Gasteiger partial charge on any atom is -0.261 e. The Hall–Kier alpha value is -1.85. The molecule has 0 aliphatic rings. The first kappa shape index (κ1) is 12.2. The van der Waals surface area contributed by atoms with Crippen LogP contribution in [-0.2, 0) is 0 Å². The summed E-state index contributed by atoms with van der Waals surface area (Å²) in [6.07, 6.45) is 9.15. The molecule has 0 aliphatic heterocycles. The van der Waals surface area contributed by atoms with E-state index in [0.717, 1.165) is 21.2 Å². The van der Waals surface area contributed by atoms with Gasteiger partial charge in [-0.25, -0.2) is 4.98 Å². The number of aromatic nitrogens is 3. The largest absolute Gasteiger partial charge is 0.261 e. The molecule has 3 aromatic heterocycles. The molecule has 0 bridgehead atoms. The van der Waals surface area contributed by atoms with E-state index in [1.54, 1.807) is 41.3 Å². The lowest BCUT2D eigenvalue weighted by atomic mass is 10.2. The van der Waals surface area contributed by atoms with Gasteiger partial charge in [0.1, 0.15) is 5.01 Å². The molecule has 0 aliphatic carbocycles. The van der Waals surface area contributed by atoms with Gasteiger partial charge in [-0.2, -0.15) is 0 Å². The molecule has 3 nitrogen and oxygen atoms in total. The van der Waals surface area contributed by atoms with Crippen molar-refractivity contribution in [2.75, 3.05) is 0 Å². The third-order valence-corrected chi connectivity index (χ3v) is 4.56. The lowest BCUT2D eigenvalue weighted by molar-refractivity contribution is 1.17. The van der Waals surface area contributed by atoms with Crippen molar-refractivity contribution in [1.82, 2.24) is 15.0 Å². The summed E-state index contributed by atoms with van der Waals surface area (Å²) in [5.74, 6) is 0. The Labute approximate surface area is 119 Å². The minimum absolute atomic E-state index is 0.897. The van der Waals surface area contributed by atoms with Gasteiger partial charge in [-0.05, 0) is 30.0 Å². The van der Waals surface area contributed by atoms with Gasteiger partial charge in [0, 0.05) is 23.5 Å². The Kier molecular flexibility index (Phi) is 3.48. The van der Waals surface area contributed by atoms with E-state index >= 15 is 0 Å². The Morgan fingerprint density at radius 1 is 1.21 bits per heavy atom. The number of hydrogen-bond donors (Lipinski definition) is 0. The molecular weight excluding hydrogens is 274 g/mol. The highest BCUT2D eigenvalue weighted by molar-refractivity contribution is 7.21. The van der Waals surface area contributed by atoms with E-state index in [4.69, 9.17) is 0 Å². The second-order valence-corrected chi connectivity index (χ2v) is 5.97. The van der Waals surface area contributed by atoms with Crippen molar-refractivity contribution < 1.29 is 0 Å². The topological polar surface area (TPSA) is 38.7 Å². The third-order valence-electron chi connectivity index (χ3n) is 2.58. The number of allylic oxidation sites excluding steroid dienone is 1. The van der Waals surface area contributed by atoms with Crippen LogP contribution in [0.2, 0.25) is 0 Å².